The number of carbonyl (C=O) groups is 2. The lowest BCUT2D eigenvalue weighted by molar-refractivity contribution is -0.324. The molecule has 0 spiro atoms. The fraction of sp³-hybridized carbons (Fsp3) is 0.600. The number of halogens is 3. The number of alkyl halides is 3. The minimum atomic E-state index is -4.79. The summed E-state index contributed by atoms with van der Waals surface area (Å²) in [4.78, 5) is 27.5. The summed E-state index contributed by atoms with van der Waals surface area (Å²) in [7, 11) is 0. The van der Waals surface area contributed by atoms with Gasteiger partial charge in [0.25, 0.3) is 0 Å². The van der Waals surface area contributed by atoms with Crippen molar-refractivity contribution >= 4 is 12.2 Å². The van der Waals surface area contributed by atoms with Crippen LogP contribution in [-0.2, 0) is 20.8 Å². The largest absolute Gasteiger partial charge is 0.522 e. The van der Waals surface area contributed by atoms with Crippen LogP contribution < -0.4 is 0 Å². The van der Waals surface area contributed by atoms with Crippen molar-refractivity contribution in [2.24, 2.45) is 0 Å². The first-order valence-electron chi connectivity index (χ1n) is 9.60. The summed E-state index contributed by atoms with van der Waals surface area (Å²) in [5.74, 6) is 0. The number of ether oxygens (including phenoxy) is 3. The summed E-state index contributed by atoms with van der Waals surface area (Å²) in [6, 6.07) is 8.42. The van der Waals surface area contributed by atoms with Crippen LogP contribution in [0.25, 0.3) is 0 Å². The van der Waals surface area contributed by atoms with E-state index in [1.54, 1.807) is 45.0 Å². The number of hydrogen-bond donors (Lipinski definition) is 0. The lowest BCUT2D eigenvalue weighted by atomic mass is 10.2. The van der Waals surface area contributed by atoms with Gasteiger partial charge in [-0.3, -0.25) is 4.74 Å². The highest BCUT2D eigenvalue weighted by molar-refractivity contribution is 5.70. The summed E-state index contributed by atoms with van der Waals surface area (Å²) in [6.45, 7) is 4.61. The van der Waals surface area contributed by atoms with E-state index in [1.807, 2.05) is 6.07 Å². The van der Waals surface area contributed by atoms with Crippen LogP contribution in [0, 0.1) is 0 Å². The van der Waals surface area contributed by atoms with Crippen molar-refractivity contribution in [2.75, 3.05) is 26.2 Å². The zero-order valence-electron chi connectivity index (χ0n) is 17.3. The molecule has 1 aromatic carbocycles. The molecule has 1 atom stereocenters. The van der Waals surface area contributed by atoms with Crippen molar-refractivity contribution in [3.8, 4) is 0 Å². The fourth-order valence-corrected chi connectivity index (χ4v) is 2.97. The quantitative estimate of drug-likeness (QED) is 0.675. The normalized spacial score (nSPS) is 17.0. The molecule has 30 heavy (non-hydrogen) atoms. The van der Waals surface area contributed by atoms with Crippen LogP contribution in [-0.4, -0.2) is 66.2 Å². The molecule has 7 nitrogen and oxygen atoms in total. The lowest BCUT2D eigenvalue weighted by Gasteiger charge is -2.29. The predicted molar refractivity (Wildman–Crippen MR) is 102 cm³/mol. The Morgan fingerprint density at radius 3 is 2.43 bits per heavy atom. The van der Waals surface area contributed by atoms with Gasteiger partial charge in [-0.25, -0.2) is 9.59 Å². The highest BCUT2D eigenvalue weighted by Gasteiger charge is 2.36. The van der Waals surface area contributed by atoms with E-state index < -0.39 is 36.8 Å². The van der Waals surface area contributed by atoms with E-state index in [1.165, 1.54) is 9.80 Å². The van der Waals surface area contributed by atoms with Gasteiger partial charge in [-0.15, -0.1) is 13.2 Å². The maximum Gasteiger partial charge on any atom is 0.522 e. The molecule has 1 aromatic rings. The molecule has 1 fully saturated rings. The Labute approximate surface area is 173 Å². The third kappa shape index (κ3) is 8.10. The number of likely N-dealkylation sites (tertiary alicyclic amines) is 1. The van der Waals surface area contributed by atoms with E-state index in [9.17, 15) is 22.8 Å². The average Bonchev–Trinajstić information content (AvgIpc) is 3.12. The number of amides is 2. The summed E-state index contributed by atoms with van der Waals surface area (Å²) in [5.41, 5.74) is 0.0726. The molecule has 0 unspecified atom stereocenters. The summed E-state index contributed by atoms with van der Waals surface area (Å²) >= 11 is 0. The van der Waals surface area contributed by atoms with Crippen molar-refractivity contribution in [3.05, 3.63) is 35.9 Å². The van der Waals surface area contributed by atoms with Gasteiger partial charge in [0.1, 0.15) is 12.2 Å². The number of benzene rings is 1. The summed E-state index contributed by atoms with van der Waals surface area (Å²) < 4.78 is 51.5. The fourth-order valence-electron chi connectivity index (χ4n) is 2.97. The minimum Gasteiger partial charge on any atom is -0.445 e. The number of rotatable bonds is 6. The molecule has 10 heteroatoms. The standard InChI is InChI=1S/C20H27F3N2O5/c1-19(2,3)30-17(26)24-10-9-16(13-24)25(11-12-29-20(21,22)23)18(27)28-14-15-7-5-4-6-8-15/h4-8,16H,9-14H2,1-3H3/t16-/m1/s1. The molecular weight excluding hydrogens is 405 g/mol. The van der Waals surface area contributed by atoms with Crippen molar-refractivity contribution in [2.45, 2.75) is 51.8 Å². The zero-order chi connectivity index (χ0) is 22.4. The molecule has 0 N–H and O–H groups in total. The molecule has 0 aromatic heterocycles. The van der Waals surface area contributed by atoms with Crippen LogP contribution in [0.15, 0.2) is 30.3 Å². The number of nitrogens with zero attached hydrogens (tertiary/aromatic N) is 2. The van der Waals surface area contributed by atoms with Crippen LogP contribution in [0.2, 0.25) is 0 Å². The molecule has 0 bridgehead atoms. The van der Waals surface area contributed by atoms with Gasteiger partial charge < -0.3 is 19.3 Å². The van der Waals surface area contributed by atoms with E-state index in [0.29, 0.717) is 13.0 Å². The van der Waals surface area contributed by atoms with Crippen molar-refractivity contribution in [3.63, 3.8) is 0 Å². The summed E-state index contributed by atoms with van der Waals surface area (Å²) in [6.07, 6.45) is -5.70. The average molecular weight is 432 g/mol. The maximum atomic E-state index is 12.6. The van der Waals surface area contributed by atoms with E-state index in [2.05, 4.69) is 4.74 Å². The van der Waals surface area contributed by atoms with E-state index >= 15 is 0 Å². The molecular formula is C20H27F3N2O5. The van der Waals surface area contributed by atoms with Crippen molar-refractivity contribution in [1.29, 1.82) is 0 Å². The molecule has 0 radical (unpaired) electrons. The zero-order valence-corrected chi connectivity index (χ0v) is 17.3. The first kappa shape index (κ1) is 23.8. The minimum absolute atomic E-state index is 0.0151. The Kier molecular flexibility index (Phi) is 7.94. The highest BCUT2D eigenvalue weighted by Crippen LogP contribution is 2.21. The Morgan fingerprint density at radius 1 is 1.17 bits per heavy atom. The van der Waals surface area contributed by atoms with Crippen LogP contribution in [0.1, 0.15) is 32.8 Å². The Bertz CT molecular complexity index is 707. The second-order valence-electron chi connectivity index (χ2n) is 7.90. The van der Waals surface area contributed by atoms with Crippen LogP contribution in [0.5, 0.6) is 0 Å². The molecule has 1 aliphatic rings. The smallest absolute Gasteiger partial charge is 0.445 e. The molecule has 0 saturated carbocycles. The Morgan fingerprint density at radius 2 is 1.83 bits per heavy atom. The highest BCUT2D eigenvalue weighted by atomic mass is 19.4. The topological polar surface area (TPSA) is 68.3 Å². The van der Waals surface area contributed by atoms with Gasteiger partial charge in [-0.2, -0.15) is 0 Å². The predicted octanol–water partition coefficient (Wildman–Crippen LogP) is 4.17. The van der Waals surface area contributed by atoms with E-state index in [4.69, 9.17) is 9.47 Å². The molecule has 1 aliphatic heterocycles. The van der Waals surface area contributed by atoms with Crippen molar-refractivity contribution in [1.82, 2.24) is 9.80 Å². The lowest BCUT2D eigenvalue weighted by Crippen LogP contribution is -2.45. The Hall–Kier alpha value is -2.49. The molecule has 2 rings (SSSR count). The van der Waals surface area contributed by atoms with Gasteiger partial charge in [0.15, 0.2) is 0 Å². The van der Waals surface area contributed by atoms with Crippen LogP contribution in [0.3, 0.4) is 0 Å². The Balaban J connectivity index is 2.00. The second-order valence-corrected chi connectivity index (χ2v) is 7.90. The molecule has 168 valence electrons. The first-order chi connectivity index (χ1) is 13.9. The number of carbonyl (C=O) groups excluding carboxylic acids is 2. The SMILES string of the molecule is CC(C)(C)OC(=O)N1CC[C@@H](N(CCOC(F)(F)F)C(=O)OCc2ccccc2)C1. The first-order valence-corrected chi connectivity index (χ1v) is 9.60. The molecule has 2 amide bonds. The van der Waals surface area contributed by atoms with Crippen molar-refractivity contribution < 1.29 is 37.0 Å². The maximum absolute atomic E-state index is 12.6. The van der Waals surface area contributed by atoms with Gasteiger partial charge in [-0.05, 0) is 32.8 Å². The third-order valence-electron chi connectivity index (χ3n) is 4.29. The van der Waals surface area contributed by atoms with Crippen LogP contribution >= 0.6 is 0 Å². The van der Waals surface area contributed by atoms with E-state index in [0.717, 1.165) is 5.56 Å². The van der Waals surface area contributed by atoms with Gasteiger partial charge >= 0.3 is 18.5 Å². The van der Waals surface area contributed by atoms with Gasteiger partial charge in [0.05, 0.1) is 12.6 Å². The van der Waals surface area contributed by atoms with Gasteiger partial charge in [0.2, 0.25) is 0 Å². The van der Waals surface area contributed by atoms with Gasteiger partial charge in [-0.1, -0.05) is 30.3 Å². The summed E-state index contributed by atoms with van der Waals surface area (Å²) in [5, 5.41) is 0. The van der Waals surface area contributed by atoms with Gasteiger partial charge in [0, 0.05) is 19.6 Å². The number of hydrogen-bond acceptors (Lipinski definition) is 5. The third-order valence-corrected chi connectivity index (χ3v) is 4.29. The monoisotopic (exact) mass is 432 g/mol. The van der Waals surface area contributed by atoms with E-state index in [-0.39, 0.29) is 19.7 Å². The molecule has 1 saturated heterocycles. The molecule has 0 aliphatic carbocycles. The van der Waals surface area contributed by atoms with Crippen LogP contribution in [0.4, 0.5) is 22.8 Å². The molecule has 1 heterocycles. The second kappa shape index (κ2) is 10.0.